The number of urea groups is 1. The largest absolute Gasteiger partial charge is 0.467 e. The summed E-state index contributed by atoms with van der Waals surface area (Å²) in [6, 6.07) is 13.1. The molecule has 0 aliphatic heterocycles. The molecule has 0 aliphatic rings. The molecule has 9 heteroatoms. The average Bonchev–Trinajstić information content (AvgIpc) is 3.34. The van der Waals surface area contributed by atoms with Gasteiger partial charge in [-0.1, -0.05) is 42.1 Å². The lowest BCUT2D eigenvalue weighted by Crippen LogP contribution is -2.41. The molecular formula is C19H21N5O3S. The number of nitrogens with zero attached hydrogens (tertiary/aromatic N) is 3. The molecule has 0 saturated carbocycles. The highest BCUT2D eigenvalue weighted by Gasteiger charge is 2.22. The van der Waals surface area contributed by atoms with Crippen molar-refractivity contribution in [1.82, 2.24) is 25.4 Å². The van der Waals surface area contributed by atoms with E-state index in [4.69, 9.17) is 4.42 Å². The van der Waals surface area contributed by atoms with Crippen LogP contribution < -0.4 is 10.6 Å². The summed E-state index contributed by atoms with van der Waals surface area (Å²) in [5.74, 6) is 1.13. The Morgan fingerprint density at radius 1 is 1.18 bits per heavy atom. The van der Waals surface area contributed by atoms with Crippen molar-refractivity contribution in [2.24, 2.45) is 0 Å². The van der Waals surface area contributed by atoms with Gasteiger partial charge in [0.25, 0.3) is 0 Å². The third kappa shape index (κ3) is 5.01. The minimum absolute atomic E-state index is 0.401. The van der Waals surface area contributed by atoms with E-state index >= 15 is 0 Å². The second kappa shape index (κ2) is 9.23. The molecule has 0 radical (unpaired) electrons. The van der Waals surface area contributed by atoms with E-state index in [0.717, 1.165) is 17.1 Å². The predicted molar refractivity (Wildman–Crippen MR) is 105 cm³/mol. The van der Waals surface area contributed by atoms with Gasteiger partial charge in [-0.25, -0.2) is 4.79 Å². The first-order valence-corrected chi connectivity index (χ1v) is 9.62. The Morgan fingerprint density at radius 2 is 1.96 bits per heavy atom. The Balaban J connectivity index is 1.81. The maximum Gasteiger partial charge on any atom is 0.321 e. The smallest absolute Gasteiger partial charge is 0.321 e. The molecular weight excluding hydrogens is 378 g/mol. The summed E-state index contributed by atoms with van der Waals surface area (Å²) in [4.78, 5) is 23.5. The zero-order valence-electron chi connectivity index (χ0n) is 15.6. The average molecular weight is 399 g/mol. The molecule has 2 aromatic heterocycles. The van der Waals surface area contributed by atoms with Crippen molar-refractivity contribution in [2.45, 2.75) is 30.3 Å². The minimum atomic E-state index is -0.542. The molecule has 2 N–H and O–H groups in total. The molecule has 146 valence electrons. The number of carbonyl (C=O) groups excluding carboxylic acids is 2. The quantitative estimate of drug-likeness (QED) is 0.592. The molecule has 28 heavy (non-hydrogen) atoms. The predicted octanol–water partition coefficient (Wildman–Crippen LogP) is 2.45. The zero-order valence-corrected chi connectivity index (χ0v) is 16.4. The number of hydrogen-bond acceptors (Lipinski definition) is 6. The first-order valence-electron chi connectivity index (χ1n) is 8.74. The summed E-state index contributed by atoms with van der Waals surface area (Å²) >= 11 is 1.24. The monoisotopic (exact) mass is 399 g/mol. The molecule has 0 bridgehead atoms. The third-order valence-corrected chi connectivity index (χ3v) is 5.09. The van der Waals surface area contributed by atoms with Crippen molar-refractivity contribution in [3.05, 3.63) is 65.9 Å². The van der Waals surface area contributed by atoms with Gasteiger partial charge < -0.3 is 9.73 Å². The van der Waals surface area contributed by atoms with Crippen LogP contribution >= 0.6 is 11.8 Å². The Labute approximate surface area is 166 Å². The van der Waals surface area contributed by atoms with Gasteiger partial charge in [0.1, 0.15) is 11.6 Å². The van der Waals surface area contributed by atoms with Gasteiger partial charge in [-0.15, -0.1) is 10.2 Å². The minimum Gasteiger partial charge on any atom is -0.467 e. The highest BCUT2D eigenvalue weighted by atomic mass is 32.2. The molecule has 0 unspecified atom stereocenters. The highest BCUT2D eigenvalue weighted by Crippen LogP contribution is 2.24. The molecule has 3 aromatic rings. The molecule has 1 aromatic carbocycles. The summed E-state index contributed by atoms with van der Waals surface area (Å²) in [5.41, 5.74) is 1.11. The Hall–Kier alpha value is -3.07. The number of hydrogen-bond donors (Lipinski definition) is 2. The number of nitrogens with one attached hydrogen (secondary N) is 2. The number of carbonyl (C=O) groups is 2. The second-order valence-corrected chi connectivity index (χ2v) is 7.36. The van der Waals surface area contributed by atoms with Crippen molar-refractivity contribution >= 4 is 23.7 Å². The number of amides is 3. The number of rotatable bonds is 7. The van der Waals surface area contributed by atoms with Crippen LogP contribution in [0.2, 0.25) is 0 Å². The van der Waals surface area contributed by atoms with Crippen molar-refractivity contribution in [3.8, 4) is 0 Å². The van der Waals surface area contributed by atoms with Gasteiger partial charge in [0.05, 0.1) is 18.1 Å². The molecule has 0 saturated heterocycles. The SMILES string of the molecule is CNC(=O)NC(=O)[C@H](C)Sc1nnc(Cc2ccccc2)n1Cc1ccco1. The van der Waals surface area contributed by atoms with Crippen molar-refractivity contribution in [3.63, 3.8) is 0 Å². The lowest BCUT2D eigenvalue weighted by Gasteiger charge is -2.12. The maximum absolute atomic E-state index is 12.2. The third-order valence-electron chi connectivity index (χ3n) is 4.01. The van der Waals surface area contributed by atoms with Crippen LogP contribution in [0, 0.1) is 0 Å². The highest BCUT2D eigenvalue weighted by molar-refractivity contribution is 8.00. The molecule has 0 spiro atoms. The Kier molecular flexibility index (Phi) is 6.49. The van der Waals surface area contributed by atoms with Crippen LogP contribution in [0.1, 0.15) is 24.1 Å². The van der Waals surface area contributed by atoms with Crippen molar-refractivity contribution in [2.75, 3.05) is 7.05 Å². The summed E-state index contributed by atoms with van der Waals surface area (Å²) in [6.45, 7) is 2.17. The van der Waals surface area contributed by atoms with Gasteiger partial charge in [0.2, 0.25) is 5.91 Å². The number of furan rings is 1. The van der Waals surface area contributed by atoms with Gasteiger partial charge in [-0.2, -0.15) is 0 Å². The molecule has 3 amide bonds. The first kappa shape index (κ1) is 19.7. The number of aromatic nitrogens is 3. The second-order valence-electron chi connectivity index (χ2n) is 6.06. The number of imide groups is 1. The molecule has 3 rings (SSSR count). The molecule has 0 fully saturated rings. The first-order chi connectivity index (χ1) is 13.6. The summed E-state index contributed by atoms with van der Waals surface area (Å²) < 4.78 is 7.40. The lowest BCUT2D eigenvalue weighted by molar-refractivity contribution is -0.119. The van der Waals surface area contributed by atoms with Crippen LogP contribution in [0.25, 0.3) is 0 Å². The van der Waals surface area contributed by atoms with Crippen LogP contribution in [0.3, 0.4) is 0 Å². The van der Waals surface area contributed by atoms with E-state index < -0.39 is 17.2 Å². The van der Waals surface area contributed by atoms with Gasteiger partial charge in [0.15, 0.2) is 5.16 Å². The summed E-state index contributed by atoms with van der Waals surface area (Å²) in [7, 11) is 1.45. The summed E-state index contributed by atoms with van der Waals surface area (Å²) in [6.07, 6.45) is 2.22. The van der Waals surface area contributed by atoms with E-state index in [-0.39, 0.29) is 0 Å². The standard InChI is InChI=1S/C19H21N5O3S/c1-13(17(25)21-18(26)20-2)28-19-23-22-16(11-14-7-4-3-5-8-14)24(19)12-15-9-6-10-27-15/h3-10,13H,11-12H2,1-2H3,(H2,20,21,25,26)/t13-/m0/s1. The Morgan fingerprint density at radius 3 is 2.64 bits per heavy atom. The Bertz CT molecular complexity index is 924. The van der Waals surface area contributed by atoms with E-state index in [2.05, 4.69) is 20.8 Å². The fraction of sp³-hybridized carbons (Fsp3) is 0.263. The van der Waals surface area contributed by atoms with Crippen molar-refractivity contribution in [1.29, 1.82) is 0 Å². The zero-order chi connectivity index (χ0) is 19.9. The van der Waals surface area contributed by atoms with Crippen LogP contribution in [0.5, 0.6) is 0 Å². The van der Waals surface area contributed by atoms with Gasteiger partial charge >= 0.3 is 6.03 Å². The fourth-order valence-corrected chi connectivity index (χ4v) is 3.39. The molecule has 1 atom stereocenters. The normalized spacial score (nSPS) is 11.8. The van der Waals surface area contributed by atoms with Gasteiger partial charge in [-0.05, 0) is 24.6 Å². The van der Waals surface area contributed by atoms with E-state index in [9.17, 15) is 9.59 Å². The number of thioether (sulfide) groups is 1. The molecule has 8 nitrogen and oxygen atoms in total. The van der Waals surface area contributed by atoms with Crippen LogP contribution in [0.4, 0.5) is 4.79 Å². The van der Waals surface area contributed by atoms with Crippen LogP contribution in [0.15, 0.2) is 58.3 Å². The topological polar surface area (TPSA) is 102 Å². The van der Waals surface area contributed by atoms with E-state index in [1.165, 1.54) is 18.8 Å². The molecule has 2 heterocycles. The van der Waals surface area contributed by atoms with E-state index in [1.807, 2.05) is 47.0 Å². The molecule has 0 aliphatic carbocycles. The van der Waals surface area contributed by atoms with Gasteiger partial charge in [-0.3, -0.25) is 14.7 Å². The fourth-order valence-electron chi connectivity index (χ4n) is 2.52. The van der Waals surface area contributed by atoms with Crippen molar-refractivity contribution < 1.29 is 14.0 Å². The van der Waals surface area contributed by atoms with Crippen LogP contribution in [-0.4, -0.2) is 39.0 Å². The summed E-state index contributed by atoms with van der Waals surface area (Å²) in [5, 5.41) is 13.3. The number of benzene rings is 1. The maximum atomic E-state index is 12.2. The van der Waals surface area contributed by atoms with E-state index in [0.29, 0.717) is 18.1 Å². The van der Waals surface area contributed by atoms with E-state index in [1.54, 1.807) is 13.2 Å². The lowest BCUT2D eigenvalue weighted by atomic mass is 10.1. The van der Waals surface area contributed by atoms with Gasteiger partial charge in [0, 0.05) is 13.5 Å². The van der Waals surface area contributed by atoms with Crippen LogP contribution in [-0.2, 0) is 17.8 Å².